The fourth-order valence-corrected chi connectivity index (χ4v) is 3.97. The van der Waals surface area contributed by atoms with Crippen LogP contribution in [0.15, 0.2) is 43.0 Å². The lowest BCUT2D eigenvalue weighted by Crippen LogP contribution is -2.49. The molecule has 1 aromatic carbocycles. The highest BCUT2D eigenvalue weighted by Crippen LogP contribution is 2.22. The van der Waals surface area contributed by atoms with E-state index >= 15 is 0 Å². The van der Waals surface area contributed by atoms with Gasteiger partial charge in [-0.2, -0.15) is 0 Å². The average Bonchev–Trinajstić information content (AvgIpc) is 3.10. The highest BCUT2D eigenvalue weighted by atomic mass is 32.2. The van der Waals surface area contributed by atoms with E-state index in [4.69, 9.17) is 0 Å². The first-order chi connectivity index (χ1) is 12.3. The molecular formula is C18H26N4O3S. The number of anilines is 1. The third-order valence-electron chi connectivity index (χ3n) is 4.07. The molecule has 0 saturated carbocycles. The molecule has 1 N–H and O–H groups in total. The van der Waals surface area contributed by atoms with Gasteiger partial charge in [0.25, 0.3) is 0 Å². The van der Waals surface area contributed by atoms with Gasteiger partial charge in [-0.3, -0.25) is 9.10 Å². The van der Waals surface area contributed by atoms with Crippen molar-refractivity contribution in [1.82, 2.24) is 14.9 Å². The van der Waals surface area contributed by atoms with Crippen molar-refractivity contribution in [3.8, 4) is 0 Å². The van der Waals surface area contributed by atoms with Crippen LogP contribution in [0, 0.1) is 6.92 Å². The lowest BCUT2D eigenvalue weighted by molar-refractivity contribution is -0.122. The lowest BCUT2D eigenvalue weighted by Gasteiger charge is -2.30. The molecule has 26 heavy (non-hydrogen) atoms. The van der Waals surface area contributed by atoms with Crippen molar-refractivity contribution in [3.05, 3.63) is 48.5 Å². The summed E-state index contributed by atoms with van der Waals surface area (Å²) in [6.45, 7) is 4.95. The first-order valence-corrected chi connectivity index (χ1v) is 10.5. The van der Waals surface area contributed by atoms with Crippen molar-refractivity contribution >= 4 is 21.6 Å². The van der Waals surface area contributed by atoms with Gasteiger partial charge in [-0.05, 0) is 31.9 Å². The summed E-state index contributed by atoms with van der Waals surface area (Å²) in [6.07, 6.45) is 7.54. The Balaban J connectivity index is 2.06. The normalized spacial score (nSPS) is 12.6. The van der Waals surface area contributed by atoms with Crippen molar-refractivity contribution in [2.24, 2.45) is 0 Å². The van der Waals surface area contributed by atoms with Gasteiger partial charge in [0.1, 0.15) is 6.04 Å². The van der Waals surface area contributed by atoms with E-state index in [1.54, 1.807) is 24.7 Å². The predicted octanol–water partition coefficient (Wildman–Crippen LogP) is 1.94. The molecule has 0 spiro atoms. The first-order valence-electron chi connectivity index (χ1n) is 8.62. The van der Waals surface area contributed by atoms with Crippen LogP contribution in [0.1, 0.15) is 25.3 Å². The van der Waals surface area contributed by atoms with Crippen LogP contribution < -0.4 is 9.62 Å². The fraction of sp³-hybridized carbons (Fsp3) is 0.444. The van der Waals surface area contributed by atoms with Crippen LogP contribution in [0.3, 0.4) is 0 Å². The van der Waals surface area contributed by atoms with E-state index in [-0.39, 0.29) is 5.91 Å². The maximum absolute atomic E-state index is 12.6. The molecule has 0 aliphatic heterocycles. The van der Waals surface area contributed by atoms with Crippen LogP contribution >= 0.6 is 0 Å². The van der Waals surface area contributed by atoms with Gasteiger partial charge in [-0.15, -0.1) is 0 Å². The Hall–Kier alpha value is -2.35. The molecule has 8 heteroatoms. The summed E-state index contributed by atoms with van der Waals surface area (Å²) < 4.78 is 27.8. The average molecular weight is 378 g/mol. The van der Waals surface area contributed by atoms with Gasteiger partial charge in [0, 0.05) is 25.5 Å². The first kappa shape index (κ1) is 20.0. The Kier molecular flexibility index (Phi) is 6.79. The summed E-state index contributed by atoms with van der Waals surface area (Å²) in [5.41, 5.74) is 1.53. The van der Waals surface area contributed by atoms with Crippen molar-refractivity contribution in [1.29, 1.82) is 0 Å². The molecular weight excluding hydrogens is 352 g/mol. The molecule has 7 nitrogen and oxygen atoms in total. The van der Waals surface area contributed by atoms with Gasteiger partial charge in [-0.1, -0.05) is 24.6 Å². The minimum absolute atomic E-state index is 0.288. The number of benzene rings is 1. The molecule has 142 valence electrons. The second-order valence-electron chi connectivity index (χ2n) is 6.26. The molecule has 2 rings (SSSR count). The number of sulfonamides is 1. The van der Waals surface area contributed by atoms with Gasteiger partial charge in [0.05, 0.1) is 18.3 Å². The number of carbonyl (C=O) groups is 1. The summed E-state index contributed by atoms with van der Waals surface area (Å²) >= 11 is 0. The summed E-state index contributed by atoms with van der Waals surface area (Å²) in [4.78, 5) is 16.6. The second kappa shape index (κ2) is 8.84. The van der Waals surface area contributed by atoms with E-state index in [0.717, 1.165) is 24.8 Å². The largest absolute Gasteiger partial charge is 0.354 e. The molecule has 0 aliphatic rings. The van der Waals surface area contributed by atoms with Crippen molar-refractivity contribution < 1.29 is 13.2 Å². The fourth-order valence-electron chi connectivity index (χ4n) is 2.76. The van der Waals surface area contributed by atoms with Crippen LogP contribution in [0.2, 0.25) is 0 Å². The van der Waals surface area contributed by atoms with Crippen molar-refractivity contribution in [2.45, 2.75) is 39.3 Å². The Morgan fingerprint density at radius 3 is 2.54 bits per heavy atom. The molecule has 1 heterocycles. The molecule has 1 aromatic heterocycles. The number of hydrogen-bond acceptors (Lipinski definition) is 4. The number of aryl methyl sites for hydroxylation is 2. The third kappa shape index (κ3) is 5.32. The number of carbonyl (C=O) groups excluding carboxylic acids is 1. The van der Waals surface area contributed by atoms with Crippen LogP contribution in [-0.2, 0) is 21.4 Å². The molecule has 2 aromatic rings. The van der Waals surface area contributed by atoms with E-state index in [0.29, 0.717) is 18.7 Å². The van der Waals surface area contributed by atoms with Crippen LogP contribution in [0.25, 0.3) is 0 Å². The van der Waals surface area contributed by atoms with Gasteiger partial charge in [0.2, 0.25) is 15.9 Å². The summed E-state index contributed by atoms with van der Waals surface area (Å²) in [5.74, 6) is -0.288. The predicted molar refractivity (Wildman–Crippen MR) is 102 cm³/mol. The van der Waals surface area contributed by atoms with Gasteiger partial charge >= 0.3 is 0 Å². The SMILES string of the molecule is CCC(C(=O)NCCCn1ccnc1)N(c1ccc(C)cc1)S(C)(=O)=O. The highest BCUT2D eigenvalue weighted by Gasteiger charge is 2.31. The minimum atomic E-state index is -3.59. The number of aromatic nitrogens is 2. The third-order valence-corrected chi connectivity index (χ3v) is 5.25. The maximum Gasteiger partial charge on any atom is 0.243 e. The molecule has 0 aliphatic carbocycles. The van der Waals surface area contributed by atoms with E-state index in [1.165, 1.54) is 4.31 Å². The standard InChI is InChI=1S/C18H26N4O3S/c1-4-17(18(23)20-10-5-12-21-13-11-19-14-21)22(26(3,24)25)16-8-6-15(2)7-9-16/h6-9,11,13-14,17H,4-5,10,12H2,1-3H3,(H,20,23). The van der Waals surface area contributed by atoms with E-state index in [9.17, 15) is 13.2 Å². The molecule has 1 unspecified atom stereocenters. The minimum Gasteiger partial charge on any atom is -0.354 e. The van der Waals surface area contributed by atoms with Crippen LogP contribution in [0.5, 0.6) is 0 Å². The Morgan fingerprint density at radius 1 is 1.31 bits per heavy atom. The van der Waals surface area contributed by atoms with Crippen LogP contribution in [0.4, 0.5) is 5.69 Å². The number of imidazole rings is 1. The molecule has 0 fully saturated rings. The smallest absolute Gasteiger partial charge is 0.243 e. The van der Waals surface area contributed by atoms with E-state index in [2.05, 4.69) is 10.3 Å². The monoisotopic (exact) mass is 378 g/mol. The zero-order chi connectivity index (χ0) is 19.2. The summed E-state index contributed by atoms with van der Waals surface area (Å²) in [6, 6.07) is 6.35. The Bertz CT molecular complexity index is 801. The zero-order valence-electron chi connectivity index (χ0n) is 15.4. The van der Waals surface area contributed by atoms with Crippen molar-refractivity contribution in [2.75, 3.05) is 17.1 Å². The van der Waals surface area contributed by atoms with Gasteiger partial charge in [0.15, 0.2) is 0 Å². The van der Waals surface area contributed by atoms with Gasteiger partial charge in [-0.25, -0.2) is 13.4 Å². The summed E-state index contributed by atoms with van der Waals surface area (Å²) in [5, 5.41) is 2.85. The van der Waals surface area contributed by atoms with Crippen LogP contribution in [-0.4, -0.2) is 42.7 Å². The molecule has 0 bridgehead atoms. The zero-order valence-corrected chi connectivity index (χ0v) is 16.2. The number of hydrogen-bond donors (Lipinski definition) is 1. The van der Waals surface area contributed by atoms with Crippen molar-refractivity contribution in [3.63, 3.8) is 0 Å². The highest BCUT2D eigenvalue weighted by molar-refractivity contribution is 7.92. The van der Waals surface area contributed by atoms with E-state index in [1.807, 2.05) is 36.7 Å². The molecule has 0 saturated heterocycles. The lowest BCUT2D eigenvalue weighted by atomic mass is 10.1. The number of amides is 1. The Labute approximate surface area is 155 Å². The number of nitrogens with zero attached hydrogens (tertiary/aromatic N) is 3. The van der Waals surface area contributed by atoms with E-state index < -0.39 is 16.1 Å². The van der Waals surface area contributed by atoms with Gasteiger partial charge < -0.3 is 9.88 Å². The second-order valence-corrected chi connectivity index (χ2v) is 8.12. The quantitative estimate of drug-likeness (QED) is 0.676. The number of rotatable bonds is 9. The molecule has 1 amide bonds. The molecule has 1 atom stereocenters. The Morgan fingerprint density at radius 2 is 2.00 bits per heavy atom. The molecule has 0 radical (unpaired) electrons. The maximum atomic E-state index is 12.6. The topological polar surface area (TPSA) is 84.3 Å². The summed E-state index contributed by atoms with van der Waals surface area (Å²) in [7, 11) is -3.59. The number of nitrogens with one attached hydrogen (secondary N) is 1.